The molecule has 0 aliphatic carbocycles. The number of rotatable bonds is 27. The Morgan fingerprint density at radius 2 is 0.912 bits per heavy atom. The molecule has 202 valence electrons. The largest absolute Gasteiger partial charge is 0.481 e. The molecule has 0 fully saturated rings. The van der Waals surface area contributed by atoms with Gasteiger partial charge in [-0.15, -0.1) is 0 Å². The Morgan fingerprint density at radius 1 is 0.588 bits per heavy atom. The van der Waals surface area contributed by atoms with Crippen molar-refractivity contribution in [3.63, 3.8) is 0 Å². The van der Waals surface area contributed by atoms with Crippen LogP contribution in [0.3, 0.4) is 0 Å². The molecule has 34 heavy (non-hydrogen) atoms. The third kappa shape index (κ3) is 21.6. The second-order valence-corrected chi connectivity index (χ2v) is 10.5. The Kier molecular flexibility index (Phi) is 24.5. The predicted octanol–water partition coefficient (Wildman–Crippen LogP) is 8.95. The molecular formula is C30H59NO3. The standard InChI is InChI=1S/C30H59NO3/c1-4-6-8-10-12-14-16-18-20-22-26-31(29(28(3)32)24-25-30(33)34)27-23-21-19-17-15-13-11-9-7-5-2/h29H,4-27H2,1-3H3,(H,33,34). The number of ketones is 1. The van der Waals surface area contributed by atoms with E-state index in [1.54, 1.807) is 6.92 Å². The molecule has 1 atom stereocenters. The second kappa shape index (κ2) is 25.2. The van der Waals surface area contributed by atoms with Crippen LogP contribution in [0.1, 0.15) is 162 Å². The monoisotopic (exact) mass is 481 g/mol. The van der Waals surface area contributed by atoms with Gasteiger partial charge in [-0.05, 0) is 39.3 Å². The van der Waals surface area contributed by atoms with E-state index in [4.69, 9.17) is 5.11 Å². The van der Waals surface area contributed by atoms with Crippen LogP contribution in [0.4, 0.5) is 0 Å². The first kappa shape index (κ1) is 33.1. The van der Waals surface area contributed by atoms with E-state index in [0.717, 1.165) is 25.9 Å². The molecule has 0 aliphatic rings. The summed E-state index contributed by atoms with van der Waals surface area (Å²) in [5.74, 6) is -0.676. The summed E-state index contributed by atoms with van der Waals surface area (Å²) in [4.78, 5) is 25.7. The van der Waals surface area contributed by atoms with E-state index in [0.29, 0.717) is 6.42 Å². The summed E-state index contributed by atoms with van der Waals surface area (Å²) in [5.41, 5.74) is 0. The van der Waals surface area contributed by atoms with Crippen LogP contribution in [0.2, 0.25) is 0 Å². The number of hydrogen-bond donors (Lipinski definition) is 1. The number of carboxylic acid groups (broad SMARTS) is 1. The fourth-order valence-corrected chi connectivity index (χ4v) is 4.93. The topological polar surface area (TPSA) is 57.6 Å². The summed E-state index contributed by atoms with van der Waals surface area (Å²) < 4.78 is 0. The quantitative estimate of drug-likeness (QED) is 0.119. The smallest absolute Gasteiger partial charge is 0.303 e. The molecule has 0 amide bonds. The number of Topliss-reactive ketones (excluding diaryl/α,β-unsaturated/α-hetero) is 1. The summed E-state index contributed by atoms with van der Waals surface area (Å²) in [7, 11) is 0. The molecule has 0 aromatic carbocycles. The maximum Gasteiger partial charge on any atom is 0.303 e. The van der Waals surface area contributed by atoms with E-state index < -0.39 is 5.97 Å². The molecule has 0 rings (SSSR count). The molecule has 0 saturated carbocycles. The highest BCUT2D eigenvalue weighted by molar-refractivity contribution is 5.82. The second-order valence-electron chi connectivity index (χ2n) is 10.5. The Morgan fingerprint density at radius 3 is 1.21 bits per heavy atom. The zero-order chi connectivity index (χ0) is 25.3. The average Bonchev–Trinajstić information content (AvgIpc) is 2.80. The lowest BCUT2D eigenvalue weighted by Crippen LogP contribution is -2.41. The lowest BCUT2D eigenvalue weighted by atomic mass is 10.0. The van der Waals surface area contributed by atoms with Crippen LogP contribution in [-0.4, -0.2) is 40.9 Å². The van der Waals surface area contributed by atoms with Gasteiger partial charge in [0.15, 0.2) is 0 Å². The molecule has 1 unspecified atom stereocenters. The van der Waals surface area contributed by atoms with E-state index in [-0.39, 0.29) is 18.2 Å². The number of hydrogen-bond acceptors (Lipinski definition) is 3. The van der Waals surface area contributed by atoms with Crippen molar-refractivity contribution >= 4 is 11.8 Å². The normalized spacial score (nSPS) is 12.4. The number of carbonyl (C=O) groups excluding carboxylic acids is 1. The number of nitrogens with zero attached hydrogens (tertiary/aromatic N) is 1. The highest BCUT2D eigenvalue weighted by Gasteiger charge is 2.23. The molecule has 0 bridgehead atoms. The average molecular weight is 482 g/mol. The van der Waals surface area contributed by atoms with Gasteiger partial charge >= 0.3 is 5.97 Å². The molecular weight excluding hydrogens is 422 g/mol. The molecule has 0 aromatic rings. The highest BCUT2D eigenvalue weighted by Crippen LogP contribution is 2.16. The van der Waals surface area contributed by atoms with Crippen molar-refractivity contribution in [1.29, 1.82) is 0 Å². The van der Waals surface area contributed by atoms with Gasteiger partial charge in [0.1, 0.15) is 5.78 Å². The first-order valence-corrected chi connectivity index (χ1v) is 15.0. The van der Waals surface area contributed by atoms with Gasteiger partial charge in [-0.1, -0.05) is 129 Å². The first-order chi connectivity index (χ1) is 16.5. The van der Waals surface area contributed by atoms with Crippen molar-refractivity contribution in [3.05, 3.63) is 0 Å². The molecule has 0 saturated heterocycles. The van der Waals surface area contributed by atoms with Crippen molar-refractivity contribution in [3.8, 4) is 0 Å². The van der Waals surface area contributed by atoms with E-state index >= 15 is 0 Å². The Hall–Kier alpha value is -0.900. The lowest BCUT2D eigenvalue weighted by Gasteiger charge is -2.30. The zero-order valence-corrected chi connectivity index (χ0v) is 23.3. The van der Waals surface area contributed by atoms with Crippen LogP contribution >= 0.6 is 0 Å². The van der Waals surface area contributed by atoms with Crippen LogP contribution in [0.15, 0.2) is 0 Å². The Bertz CT molecular complexity index is 442. The lowest BCUT2D eigenvalue weighted by molar-refractivity contribution is -0.137. The summed E-state index contributed by atoms with van der Waals surface area (Å²) in [6.45, 7) is 8.02. The highest BCUT2D eigenvalue weighted by atomic mass is 16.4. The third-order valence-electron chi connectivity index (χ3n) is 7.14. The van der Waals surface area contributed by atoms with Crippen molar-refractivity contribution in [2.45, 2.75) is 168 Å². The van der Waals surface area contributed by atoms with Gasteiger partial charge in [-0.3, -0.25) is 14.5 Å². The van der Waals surface area contributed by atoms with Gasteiger partial charge in [0.05, 0.1) is 6.04 Å². The molecule has 1 N–H and O–H groups in total. The molecule has 0 aliphatic heterocycles. The maximum absolute atomic E-state index is 12.3. The van der Waals surface area contributed by atoms with Crippen LogP contribution in [0.25, 0.3) is 0 Å². The van der Waals surface area contributed by atoms with Gasteiger partial charge in [-0.25, -0.2) is 0 Å². The van der Waals surface area contributed by atoms with Gasteiger partial charge in [0.2, 0.25) is 0 Å². The van der Waals surface area contributed by atoms with Crippen molar-refractivity contribution in [2.75, 3.05) is 13.1 Å². The van der Waals surface area contributed by atoms with Crippen LogP contribution in [0.5, 0.6) is 0 Å². The van der Waals surface area contributed by atoms with E-state index in [2.05, 4.69) is 18.7 Å². The number of carboxylic acids is 1. The van der Waals surface area contributed by atoms with Gasteiger partial charge in [-0.2, -0.15) is 0 Å². The van der Waals surface area contributed by atoms with Crippen LogP contribution in [0, 0.1) is 0 Å². The molecule has 0 heterocycles. The van der Waals surface area contributed by atoms with Crippen molar-refractivity contribution in [1.82, 2.24) is 4.90 Å². The molecule has 0 aromatic heterocycles. The fourth-order valence-electron chi connectivity index (χ4n) is 4.93. The maximum atomic E-state index is 12.3. The van der Waals surface area contributed by atoms with E-state index in [1.165, 1.54) is 116 Å². The van der Waals surface area contributed by atoms with Crippen molar-refractivity contribution < 1.29 is 14.7 Å². The van der Waals surface area contributed by atoms with E-state index in [9.17, 15) is 9.59 Å². The predicted molar refractivity (Wildman–Crippen MR) is 147 cm³/mol. The first-order valence-electron chi connectivity index (χ1n) is 15.0. The molecule has 0 spiro atoms. The van der Waals surface area contributed by atoms with Crippen LogP contribution in [-0.2, 0) is 9.59 Å². The number of aliphatic carboxylic acids is 1. The molecule has 4 nitrogen and oxygen atoms in total. The SMILES string of the molecule is CCCCCCCCCCCCN(CCCCCCCCCCCC)C(CCC(=O)O)C(C)=O. The molecule has 0 radical (unpaired) electrons. The summed E-state index contributed by atoms with van der Waals surface area (Å²) in [5, 5.41) is 9.13. The van der Waals surface area contributed by atoms with Gasteiger partial charge in [0, 0.05) is 6.42 Å². The number of unbranched alkanes of at least 4 members (excludes halogenated alkanes) is 18. The summed E-state index contributed by atoms with van der Waals surface area (Å²) >= 11 is 0. The van der Waals surface area contributed by atoms with Crippen molar-refractivity contribution in [2.24, 2.45) is 0 Å². The summed E-state index contributed by atoms with van der Waals surface area (Å²) in [6.07, 6.45) is 26.7. The number of carbonyl (C=O) groups is 2. The Balaban J connectivity index is 4.22. The minimum atomic E-state index is -0.802. The van der Waals surface area contributed by atoms with E-state index in [1.807, 2.05) is 0 Å². The zero-order valence-electron chi connectivity index (χ0n) is 23.3. The van der Waals surface area contributed by atoms with Gasteiger partial charge in [0.25, 0.3) is 0 Å². The minimum absolute atomic E-state index is 0.0802. The third-order valence-corrected chi connectivity index (χ3v) is 7.14. The molecule has 4 heteroatoms. The van der Waals surface area contributed by atoms with Gasteiger partial charge < -0.3 is 5.11 Å². The Labute approximate surface area is 212 Å². The summed E-state index contributed by atoms with van der Waals surface area (Å²) in [6, 6.07) is -0.228. The fraction of sp³-hybridized carbons (Fsp3) is 0.933. The van der Waals surface area contributed by atoms with Crippen LogP contribution < -0.4 is 0 Å². The minimum Gasteiger partial charge on any atom is -0.481 e.